The Labute approximate surface area is 116 Å². The number of hydrogen-bond donors (Lipinski definition) is 5. The average molecular weight is 285 g/mol. The molecule has 0 amide bonds. The minimum atomic E-state index is -1.27. The van der Waals surface area contributed by atoms with E-state index in [9.17, 15) is 15.3 Å². The molecule has 1 aliphatic heterocycles. The normalized spacial score (nSPS) is 31.1. The topological polar surface area (TPSA) is 111 Å². The lowest BCUT2D eigenvalue weighted by atomic mass is 10.1. The van der Waals surface area contributed by atoms with Gasteiger partial charge in [-0.1, -0.05) is 0 Å². The third-order valence-corrected chi connectivity index (χ3v) is 3.27. The van der Waals surface area contributed by atoms with Crippen molar-refractivity contribution in [2.75, 3.05) is 19.0 Å². The average Bonchev–Trinajstić information content (AvgIpc) is 2.76. The van der Waals surface area contributed by atoms with Gasteiger partial charge in [0.25, 0.3) is 0 Å². The first-order valence-corrected chi connectivity index (χ1v) is 6.28. The summed E-state index contributed by atoms with van der Waals surface area (Å²) in [6, 6.07) is 6.94. The van der Waals surface area contributed by atoms with Gasteiger partial charge in [-0.2, -0.15) is 0 Å². The number of benzene rings is 1. The fourth-order valence-corrected chi connectivity index (χ4v) is 2.10. The highest BCUT2D eigenvalue weighted by atomic mass is 16.6. The van der Waals surface area contributed by atoms with Crippen molar-refractivity contribution < 1.29 is 29.9 Å². The van der Waals surface area contributed by atoms with Crippen molar-refractivity contribution >= 4 is 5.69 Å². The molecule has 0 spiro atoms. The van der Waals surface area contributed by atoms with Crippen LogP contribution in [0.2, 0.25) is 0 Å². The van der Waals surface area contributed by atoms with Gasteiger partial charge >= 0.3 is 0 Å². The Bertz CT molecular complexity index is 425. The number of hydrogen-bond acceptors (Lipinski definition) is 7. The highest BCUT2D eigenvalue weighted by molar-refractivity contribution is 5.47. The van der Waals surface area contributed by atoms with Crippen molar-refractivity contribution in [3.05, 3.63) is 24.3 Å². The van der Waals surface area contributed by atoms with Crippen LogP contribution in [0.4, 0.5) is 5.69 Å². The number of ether oxygens (including phenoxy) is 2. The number of aliphatic hydroxyl groups is 4. The standard InChI is InChI=1S/C13H19NO6/c1-19-8-4-2-7(3-5-8)14-13-11(18)10(17)12(20-13)9(16)6-15/h2-5,9-18H,6H2,1H3. The lowest BCUT2D eigenvalue weighted by Crippen LogP contribution is -2.40. The van der Waals surface area contributed by atoms with E-state index < -0.39 is 37.3 Å². The first kappa shape index (κ1) is 15.0. The molecule has 1 heterocycles. The van der Waals surface area contributed by atoms with Gasteiger partial charge in [-0.25, -0.2) is 0 Å². The zero-order valence-electron chi connectivity index (χ0n) is 11.0. The fraction of sp³-hybridized carbons (Fsp3) is 0.538. The van der Waals surface area contributed by atoms with E-state index in [0.29, 0.717) is 11.4 Å². The summed E-state index contributed by atoms with van der Waals surface area (Å²) in [5, 5.41) is 40.9. The quantitative estimate of drug-likeness (QED) is 0.467. The molecule has 1 fully saturated rings. The van der Waals surface area contributed by atoms with Gasteiger partial charge in [0.05, 0.1) is 13.7 Å². The molecule has 5 atom stereocenters. The molecule has 0 bridgehead atoms. The van der Waals surface area contributed by atoms with Gasteiger partial charge in [-0.3, -0.25) is 0 Å². The molecule has 0 radical (unpaired) electrons. The predicted octanol–water partition coefficient (Wildman–Crippen LogP) is -1.09. The molecule has 0 aromatic heterocycles. The van der Waals surface area contributed by atoms with Gasteiger partial charge in [-0.05, 0) is 24.3 Å². The van der Waals surface area contributed by atoms with E-state index in [2.05, 4.69) is 5.32 Å². The second-order valence-electron chi connectivity index (χ2n) is 4.63. The minimum Gasteiger partial charge on any atom is -0.497 e. The highest BCUT2D eigenvalue weighted by Gasteiger charge is 2.45. The lowest BCUT2D eigenvalue weighted by molar-refractivity contribution is -0.0774. The van der Waals surface area contributed by atoms with Gasteiger partial charge < -0.3 is 35.2 Å². The van der Waals surface area contributed by atoms with Gasteiger partial charge in [0.2, 0.25) is 0 Å². The number of nitrogens with one attached hydrogen (secondary N) is 1. The van der Waals surface area contributed by atoms with Crippen LogP contribution in [0.1, 0.15) is 0 Å². The van der Waals surface area contributed by atoms with E-state index in [4.69, 9.17) is 14.6 Å². The summed E-state index contributed by atoms with van der Waals surface area (Å²) < 4.78 is 10.4. The van der Waals surface area contributed by atoms with Crippen LogP contribution < -0.4 is 10.1 Å². The van der Waals surface area contributed by atoms with Crippen molar-refractivity contribution in [1.82, 2.24) is 0 Å². The summed E-state index contributed by atoms with van der Waals surface area (Å²) in [4.78, 5) is 0. The molecule has 20 heavy (non-hydrogen) atoms. The largest absolute Gasteiger partial charge is 0.497 e. The van der Waals surface area contributed by atoms with Crippen molar-refractivity contribution in [2.24, 2.45) is 0 Å². The highest BCUT2D eigenvalue weighted by Crippen LogP contribution is 2.26. The smallest absolute Gasteiger partial charge is 0.157 e. The van der Waals surface area contributed by atoms with E-state index in [1.165, 1.54) is 0 Å². The van der Waals surface area contributed by atoms with Crippen LogP contribution in [0.15, 0.2) is 24.3 Å². The Balaban J connectivity index is 2.02. The first-order chi connectivity index (χ1) is 9.56. The summed E-state index contributed by atoms with van der Waals surface area (Å²) in [6.45, 7) is -0.552. The van der Waals surface area contributed by atoms with E-state index in [0.717, 1.165) is 0 Å². The molecule has 0 aliphatic carbocycles. The summed E-state index contributed by atoms with van der Waals surface area (Å²) in [5.74, 6) is 0.692. The second-order valence-corrected chi connectivity index (χ2v) is 4.63. The maximum atomic E-state index is 9.88. The zero-order chi connectivity index (χ0) is 14.7. The summed E-state index contributed by atoms with van der Waals surface area (Å²) in [7, 11) is 1.56. The molecule has 0 saturated carbocycles. The zero-order valence-corrected chi connectivity index (χ0v) is 11.0. The molecule has 5 N–H and O–H groups in total. The van der Waals surface area contributed by atoms with E-state index in [1.54, 1.807) is 31.4 Å². The number of anilines is 1. The molecule has 1 aromatic carbocycles. The van der Waals surface area contributed by atoms with Crippen LogP contribution in [0.25, 0.3) is 0 Å². The van der Waals surface area contributed by atoms with Gasteiger partial charge in [-0.15, -0.1) is 0 Å². The Morgan fingerprint density at radius 2 is 1.90 bits per heavy atom. The van der Waals surface area contributed by atoms with E-state index >= 15 is 0 Å². The van der Waals surface area contributed by atoms with Crippen LogP contribution in [-0.4, -0.2) is 64.8 Å². The summed E-state index contributed by atoms with van der Waals surface area (Å²) >= 11 is 0. The van der Waals surface area contributed by atoms with E-state index in [-0.39, 0.29) is 0 Å². The van der Waals surface area contributed by atoms with Crippen molar-refractivity contribution in [3.8, 4) is 5.75 Å². The van der Waals surface area contributed by atoms with Crippen molar-refractivity contribution in [1.29, 1.82) is 0 Å². The molecular weight excluding hydrogens is 266 g/mol. The molecule has 2 rings (SSSR count). The molecule has 1 saturated heterocycles. The van der Waals surface area contributed by atoms with Crippen molar-refractivity contribution in [2.45, 2.75) is 30.6 Å². The van der Waals surface area contributed by atoms with Crippen LogP contribution in [0, 0.1) is 0 Å². The van der Waals surface area contributed by atoms with Crippen LogP contribution in [0.5, 0.6) is 5.75 Å². The Hall–Kier alpha value is -1.38. The maximum absolute atomic E-state index is 9.88. The Morgan fingerprint density at radius 1 is 1.25 bits per heavy atom. The molecule has 112 valence electrons. The molecule has 1 aromatic rings. The maximum Gasteiger partial charge on any atom is 0.157 e. The third-order valence-electron chi connectivity index (χ3n) is 3.27. The molecule has 5 unspecified atom stereocenters. The van der Waals surface area contributed by atoms with Gasteiger partial charge in [0.15, 0.2) is 6.23 Å². The summed E-state index contributed by atoms with van der Waals surface area (Å²) in [6.07, 6.45) is -5.63. The number of rotatable bonds is 5. The summed E-state index contributed by atoms with van der Waals surface area (Å²) in [5.41, 5.74) is 0.668. The monoisotopic (exact) mass is 285 g/mol. The number of methoxy groups -OCH3 is 1. The fourth-order valence-electron chi connectivity index (χ4n) is 2.10. The predicted molar refractivity (Wildman–Crippen MR) is 70.4 cm³/mol. The van der Waals surface area contributed by atoms with Crippen molar-refractivity contribution in [3.63, 3.8) is 0 Å². The third kappa shape index (κ3) is 3.02. The SMILES string of the molecule is COc1ccc(NC2OC(C(O)CO)C(O)C2O)cc1. The molecule has 1 aliphatic rings. The van der Waals surface area contributed by atoms with Crippen LogP contribution in [0.3, 0.4) is 0 Å². The van der Waals surface area contributed by atoms with Crippen LogP contribution >= 0.6 is 0 Å². The first-order valence-electron chi connectivity index (χ1n) is 6.28. The molecule has 7 heteroatoms. The molecular formula is C13H19NO6. The number of aliphatic hydroxyl groups excluding tert-OH is 4. The Kier molecular flexibility index (Phi) is 4.79. The van der Waals surface area contributed by atoms with Gasteiger partial charge in [0, 0.05) is 5.69 Å². The Morgan fingerprint density at radius 3 is 2.45 bits per heavy atom. The van der Waals surface area contributed by atoms with Crippen LogP contribution in [-0.2, 0) is 4.74 Å². The van der Waals surface area contributed by atoms with E-state index in [1.807, 2.05) is 0 Å². The van der Waals surface area contributed by atoms with Gasteiger partial charge in [0.1, 0.15) is 30.2 Å². The second kappa shape index (κ2) is 6.38. The molecule has 7 nitrogen and oxygen atoms in total. The minimum absolute atomic E-state index is 0.552. The lowest BCUT2D eigenvalue weighted by Gasteiger charge is -2.19.